The molecule has 8 nitrogen and oxygen atoms in total. The molecule has 0 bridgehead atoms. The number of piperazine rings is 1. The number of likely N-dealkylation sites (N-methyl/N-ethyl adjacent to an activating group) is 1. The molecular formula is C22H31N7O. The minimum Gasteiger partial charge on any atom is -0.337 e. The molecule has 8 heteroatoms. The Morgan fingerprint density at radius 1 is 0.933 bits per heavy atom. The van der Waals surface area contributed by atoms with Gasteiger partial charge in [0, 0.05) is 75.3 Å². The largest absolute Gasteiger partial charge is 0.337 e. The molecular weight excluding hydrogens is 378 g/mol. The fourth-order valence-corrected chi connectivity index (χ4v) is 3.93. The van der Waals surface area contributed by atoms with Crippen LogP contribution in [0.1, 0.15) is 49.3 Å². The van der Waals surface area contributed by atoms with Gasteiger partial charge < -0.3 is 9.80 Å². The van der Waals surface area contributed by atoms with E-state index in [-0.39, 0.29) is 5.78 Å². The van der Waals surface area contributed by atoms with Crippen LogP contribution in [0.5, 0.6) is 0 Å². The van der Waals surface area contributed by atoms with Gasteiger partial charge in [0.05, 0.1) is 11.3 Å². The van der Waals surface area contributed by atoms with Gasteiger partial charge in [0.1, 0.15) is 0 Å². The third-order valence-corrected chi connectivity index (χ3v) is 5.87. The Kier molecular flexibility index (Phi) is 5.69. The van der Waals surface area contributed by atoms with Gasteiger partial charge in [0.2, 0.25) is 11.9 Å². The molecule has 0 amide bonds. The lowest BCUT2D eigenvalue weighted by molar-refractivity contribution is 0.0857. The number of Topliss-reactive ketones (excluding diaryl/α,β-unsaturated/α-hetero) is 1. The molecule has 0 unspecified atom stereocenters. The summed E-state index contributed by atoms with van der Waals surface area (Å²) in [7, 11) is 0. The number of aromatic nitrogens is 4. The monoisotopic (exact) mass is 409 g/mol. The molecule has 2 aliphatic rings. The van der Waals surface area contributed by atoms with Gasteiger partial charge in [-0.2, -0.15) is 0 Å². The predicted octanol–water partition coefficient (Wildman–Crippen LogP) is 2.20. The first-order valence-corrected chi connectivity index (χ1v) is 10.8. The van der Waals surface area contributed by atoms with Crippen LogP contribution >= 0.6 is 0 Å². The van der Waals surface area contributed by atoms with Crippen molar-refractivity contribution in [3.63, 3.8) is 0 Å². The minimum atomic E-state index is -0.430. The highest BCUT2D eigenvalue weighted by Crippen LogP contribution is 2.22. The standard InChI is InChI=1S/C22H31N7O/c1-5-27-7-6-18-17(15-27)14-25-21(26-18)29-10-8-28(9-11-29)20-23-12-16(13-24-20)19(30)22(2,3)4/h12-14H,5-11,15H2,1-4H3. The first-order valence-electron chi connectivity index (χ1n) is 10.8. The van der Waals surface area contributed by atoms with Crippen LogP contribution in [0, 0.1) is 5.41 Å². The second-order valence-corrected chi connectivity index (χ2v) is 9.09. The molecule has 0 saturated carbocycles. The maximum atomic E-state index is 12.4. The van der Waals surface area contributed by atoms with Gasteiger partial charge in [0.25, 0.3) is 0 Å². The second-order valence-electron chi connectivity index (χ2n) is 9.09. The van der Waals surface area contributed by atoms with E-state index in [4.69, 9.17) is 4.98 Å². The Hall–Kier alpha value is -2.61. The molecule has 160 valence electrons. The van der Waals surface area contributed by atoms with Crippen molar-refractivity contribution in [3.8, 4) is 0 Å². The number of hydrogen-bond donors (Lipinski definition) is 0. The Morgan fingerprint density at radius 2 is 1.53 bits per heavy atom. The Morgan fingerprint density at radius 3 is 2.13 bits per heavy atom. The molecule has 0 aliphatic carbocycles. The highest BCUT2D eigenvalue weighted by molar-refractivity contribution is 5.99. The van der Waals surface area contributed by atoms with Crippen LogP contribution in [0.15, 0.2) is 18.6 Å². The maximum Gasteiger partial charge on any atom is 0.225 e. The molecule has 1 fully saturated rings. The van der Waals surface area contributed by atoms with Gasteiger partial charge >= 0.3 is 0 Å². The van der Waals surface area contributed by atoms with Crippen molar-refractivity contribution in [1.29, 1.82) is 0 Å². The Bertz CT molecular complexity index is 899. The van der Waals surface area contributed by atoms with Gasteiger partial charge in [-0.15, -0.1) is 0 Å². The van der Waals surface area contributed by atoms with Crippen molar-refractivity contribution in [2.45, 2.75) is 40.7 Å². The summed E-state index contributed by atoms with van der Waals surface area (Å²) >= 11 is 0. The van der Waals surface area contributed by atoms with E-state index in [1.54, 1.807) is 12.4 Å². The second kappa shape index (κ2) is 8.26. The normalized spacial score (nSPS) is 17.7. The van der Waals surface area contributed by atoms with E-state index in [2.05, 4.69) is 36.6 Å². The molecule has 2 aliphatic heterocycles. The lowest BCUT2D eigenvalue weighted by Gasteiger charge is -2.35. The van der Waals surface area contributed by atoms with Gasteiger partial charge in [0.15, 0.2) is 5.78 Å². The van der Waals surface area contributed by atoms with Crippen LogP contribution in [0.4, 0.5) is 11.9 Å². The van der Waals surface area contributed by atoms with E-state index in [1.807, 2.05) is 27.0 Å². The number of carbonyl (C=O) groups excluding carboxylic acids is 1. The van der Waals surface area contributed by atoms with Gasteiger partial charge in [-0.25, -0.2) is 19.9 Å². The zero-order valence-electron chi connectivity index (χ0n) is 18.4. The minimum absolute atomic E-state index is 0.0606. The fourth-order valence-electron chi connectivity index (χ4n) is 3.93. The van der Waals surface area contributed by atoms with Crippen LogP contribution in [0.2, 0.25) is 0 Å². The number of fused-ring (bicyclic) bond motifs is 1. The first-order chi connectivity index (χ1) is 14.3. The molecule has 4 rings (SSSR count). The van der Waals surface area contributed by atoms with Crippen molar-refractivity contribution in [3.05, 3.63) is 35.4 Å². The van der Waals surface area contributed by atoms with Crippen molar-refractivity contribution >= 4 is 17.7 Å². The van der Waals surface area contributed by atoms with Crippen LogP contribution in [-0.4, -0.2) is 69.9 Å². The van der Waals surface area contributed by atoms with Crippen molar-refractivity contribution in [2.24, 2.45) is 5.41 Å². The van der Waals surface area contributed by atoms with Crippen LogP contribution in [0.25, 0.3) is 0 Å². The van der Waals surface area contributed by atoms with Crippen LogP contribution < -0.4 is 9.80 Å². The molecule has 0 spiro atoms. The smallest absolute Gasteiger partial charge is 0.225 e. The molecule has 0 aromatic carbocycles. The summed E-state index contributed by atoms with van der Waals surface area (Å²) in [6.45, 7) is 14.3. The molecule has 1 saturated heterocycles. The van der Waals surface area contributed by atoms with Crippen molar-refractivity contribution < 1.29 is 4.79 Å². The van der Waals surface area contributed by atoms with E-state index in [0.29, 0.717) is 11.5 Å². The molecule has 0 atom stereocenters. The molecule has 30 heavy (non-hydrogen) atoms. The summed E-state index contributed by atoms with van der Waals surface area (Å²) in [6.07, 6.45) is 6.29. The van der Waals surface area contributed by atoms with Gasteiger partial charge in [-0.3, -0.25) is 9.69 Å². The number of hydrogen-bond acceptors (Lipinski definition) is 8. The molecule has 0 radical (unpaired) electrons. The van der Waals surface area contributed by atoms with E-state index in [9.17, 15) is 4.79 Å². The molecule has 2 aromatic rings. The predicted molar refractivity (Wildman–Crippen MR) is 117 cm³/mol. The average Bonchev–Trinajstić information content (AvgIpc) is 2.77. The van der Waals surface area contributed by atoms with E-state index < -0.39 is 5.41 Å². The maximum absolute atomic E-state index is 12.4. The van der Waals surface area contributed by atoms with E-state index in [1.165, 1.54) is 11.3 Å². The first kappa shape index (κ1) is 20.7. The summed E-state index contributed by atoms with van der Waals surface area (Å²) < 4.78 is 0. The van der Waals surface area contributed by atoms with Crippen molar-refractivity contribution in [1.82, 2.24) is 24.8 Å². The summed E-state index contributed by atoms with van der Waals surface area (Å²) in [5, 5.41) is 0. The third-order valence-electron chi connectivity index (χ3n) is 5.87. The molecule has 4 heterocycles. The number of rotatable bonds is 4. The SMILES string of the molecule is CCN1CCc2nc(N3CCN(c4ncc(C(=O)C(C)(C)C)cn4)CC3)ncc2C1. The fraction of sp³-hybridized carbons (Fsp3) is 0.591. The van der Waals surface area contributed by atoms with Gasteiger partial charge in [-0.1, -0.05) is 27.7 Å². The number of ketones is 1. The van der Waals surface area contributed by atoms with Gasteiger partial charge in [-0.05, 0) is 6.54 Å². The lowest BCUT2D eigenvalue weighted by atomic mass is 9.88. The number of nitrogens with zero attached hydrogens (tertiary/aromatic N) is 7. The summed E-state index contributed by atoms with van der Waals surface area (Å²) in [5.74, 6) is 1.56. The summed E-state index contributed by atoms with van der Waals surface area (Å²) in [5.41, 5.74) is 2.58. The Balaban J connectivity index is 1.38. The number of anilines is 2. The van der Waals surface area contributed by atoms with E-state index >= 15 is 0 Å². The lowest BCUT2D eigenvalue weighted by Crippen LogP contribution is -2.48. The zero-order valence-corrected chi connectivity index (χ0v) is 18.4. The topological polar surface area (TPSA) is 78.4 Å². The van der Waals surface area contributed by atoms with Crippen LogP contribution in [0.3, 0.4) is 0 Å². The van der Waals surface area contributed by atoms with Crippen molar-refractivity contribution in [2.75, 3.05) is 49.1 Å². The Labute approximate surface area is 178 Å². The average molecular weight is 410 g/mol. The third kappa shape index (κ3) is 4.28. The summed E-state index contributed by atoms with van der Waals surface area (Å²) in [4.78, 5) is 37.6. The molecule has 2 aromatic heterocycles. The highest BCUT2D eigenvalue weighted by Gasteiger charge is 2.25. The summed E-state index contributed by atoms with van der Waals surface area (Å²) in [6, 6.07) is 0. The zero-order chi connectivity index (χ0) is 21.3. The quantitative estimate of drug-likeness (QED) is 0.711. The van der Waals surface area contributed by atoms with Crippen LogP contribution in [-0.2, 0) is 13.0 Å². The number of carbonyl (C=O) groups is 1. The highest BCUT2D eigenvalue weighted by atomic mass is 16.1. The molecule has 0 N–H and O–H groups in total. The van der Waals surface area contributed by atoms with E-state index in [0.717, 1.165) is 58.2 Å².